The number of amides is 1. The van der Waals surface area contributed by atoms with Gasteiger partial charge in [0.15, 0.2) is 9.84 Å². The van der Waals surface area contributed by atoms with E-state index in [1.165, 1.54) is 0 Å². The second kappa shape index (κ2) is 5.82. The fraction of sp³-hybridized carbons (Fsp3) is 0.909. The summed E-state index contributed by atoms with van der Waals surface area (Å²) in [5.74, 6) is 0.157. The van der Waals surface area contributed by atoms with Gasteiger partial charge >= 0.3 is 0 Å². The van der Waals surface area contributed by atoms with Crippen molar-refractivity contribution in [3.63, 3.8) is 0 Å². The molecule has 0 radical (unpaired) electrons. The van der Waals surface area contributed by atoms with E-state index in [9.17, 15) is 13.2 Å². The van der Waals surface area contributed by atoms with Gasteiger partial charge < -0.3 is 9.64 Å². The molecular weight excluding hydrogens is 242 g/mol. The molecule has 0 N–H and O–H groups in total. The highest BCUT2D eigenvalue weighted by atomic mass is 32.2. The van der Waals surface area contributed by atoms with Crippen molar-refractivity contribution in [2.75, 3.05) is 24.7 Å². The lowest BCUT2D eigenvalue weighted by atomic mass is 10.2. The molecule has 0 saturated carbocycles. The average Bonchev–Trinajstić information content (AvgIpc) is 2.57. The highest BCUT2D eigenvalue weighted by Crippen LogP contribution is 2.17. The number of hydrogen-bond donors (Lipinski definition) is 0. The van der Waals surface area contributed by atoms with Gasteiger partial charge in [0.2, 0.25) is 5.91 Å². The van der Waals surface area contributed by atoms with Gasteiger partial charge in [-0.1, -0.05) is 0 Å². The Morgan fingerprint density at radius 3 is 2.53 bits per heavy atom. The third-order valence-corrected chi connectivity index (χ3v) is 4.60. The molecule has 5 nitrogen and oxygen atoms in total. The maximum atomic E-state index is 11.9. The quantitative estimate of drug-likeness (QED) is 0.722. The summed E-state index contributed by atoms with van der Waals surface area (Å²) in [6, 6.07) is -0.173. The Bertz CT molecular complexity index is 364. The third kappa shape index (κ3) is 4.27. The maximum absolute atomic E-state index is 11.9. The van der Waals surface area contributed by atoms with Crippen LogP contribution in [0, 0.1) is 0 Å². The molecule has 1 rings (SSSR count). The van der Waals surface area contributed by atoms with Crippen molar-refractivity contribution in [2.45, 2.75) is 39.3 Å². The van der Waals surface area contributed by atoms with Crippen molar-refractivity contribution in [1.82, 2.24) is 4.90 Å². The first-order chi connectivity index (χ1) is 7.85. The molecule has 0 spiro atoms. The van der Waals surface area contributed by atoms with Crippen LogP contribution in [0.5, 0.6) is 0 Å². The maximum Gasteiger partial charge on any atom is 0.248 e. The molecule has 100 valence electrons. The van der Waals surface area contributed by atoms with E-state index in [1.54, 1.807) is 4.90 Å². The van der Waals surface area contributed by atoms with Crippen LogP contribution in [-0.2, 0) is 19.4 Å². The standard InChI is InChI=1S/C11H21NO4S/c1-4-12(11(13)7-16-9(2)3)10-5-6-17(14,15)8-10/h9-10H,4-8H2,1-3H3. The molecule has 6 heteroatoms. The summed E-state index contributed by atoms with van der Waals surface area (Å²) in [7, 11) is -2.95. The van der Waals surface area contributed by atoms with Gasteiger partial charge in [-0.05, 0) is 27.2 Å². The van der Waals surface area contributed by atoms with Crippen LogP contribution in [0.4, 0.5) is 0 Å². The van der Waals surface area contributed by atoms with Crippen molar-refractivity contribution in [3.8, 4) is 0 Å². The van der Waals surface area contributed by atoms with E-state index in [2.05, 4.69) is 0 Å². The van der Waals surface area contributed by atoms with Crippen molar-refractivity contribution >= 4 is 15.7 Å². The van der Waals surface area contributed by atoms with E-state index in [1.807, 2.05) is 20.8 Å². The number of sulfone groups is 1. The zero-order valence-electron chi connectivity index (χ0n) is 10.7. The topological polar surface area (TPSA) is 63.7 Å². The molecule has 1 aliphatic rings. The second-order valence-electron chi connectivity index (χ2n) is 4.60. The highest BCUT2D eigenvalue weighted by Gasteiger charge is 2.33. The average molecular weight is 263 g/mol. The fourth-order valence-electron chi connectivity index (χ4n) is 1.98. The molecule has 0 aromatic carbocycles. The molecule has 17 heavy (non-hydrogen) atoms. The number of nitrogens with zero attached hydrogens (tertiary/aromatic N) is 1. The Morgan fingerprint density at radius 1 is 1.47 bits per heavy atom. The lowest BCUT2D eigenvalue weighted by Gasteiger charge is -2.27. The Hall–Kier alpha value is -0.620. The lowest BCUT2D eigenvalue weighted by Crippen LogP contribution is -2.43. The van der Waals surface area contributed by atoms with Crippen LogP contribution >= 0.6 is 0 Å². The summed E-state index contributed by atoms with van der Waals surface area (Å²) in [4.78, 5) is 13.5. The van der Waals surface area contributed by atoms with Crippen molar-refractivity contribution in [2.24, 2.45) is 0 Å². The number of rotatable bonds is 5. The number of carbonyl (C=O) groups excluding carboxylic acids is 1. The molecule has 0 aromatic rings. The van der Waals surface area contributed by atoms with Gasteiger partial charge in [-0.3, -0.25) is 4.79 Å². The summed E-state index contributed by atoms with van der Waals surface area (Å²) < 4.78 is 28.0. The Kier molecular flexibility index (Phi) is 4.94. The van der Waals surface area contributed by atoms with E-state index in [0.29, 0.717) is 13.0 Å². The van der Waals surface area contributed by atoms with Gasteiger partial charge in [-0.2, -0.15) is 0 Å². The molecule has 1 saturated heterocycles. The predicted octanol–water partition coefficient (Wildman–Crippen LogP) is 0.447. The van der Waals surface area contributed by atoms with Crippen LogP contribution in [0.2, 0.25) is 0 Å². The highest BCUT2D eigenvalue weighted by molar-refractivity contribution is 7.91. The van der Waals surface area contributed by atoms with Crippen LogP contribution < -0.4 is 0 Å². The molecule has 0 bridgehead atoms. The molecular formula is C11H21NO4S. The first kappa shape index (κ1) is 14.4. The molecule has 0 aliphatic carbocycles. The number of ether oxygens (including phenoxy) is 1. The van der Waals surface area contributed by atoms with Gasteiger partial charge in [-0.15, -0.1) is 0 Å². The first-order valence-electron chi connectivity index (χ1n) is 5.97. The molecule has 1 unspecified atom stereocenters. The van der Waals surface area contributed by atoms with Gasteiger partial charge in [0, 0.05) is 12.6 Å². The van der Waals surface area contributed by atoms with Crippen molar-refractivity contribution < 1.29 is 17.9 Å². The summed E-state index contributed by atoms with van der Waals surface area (Å²) >= 11 is 0. The van der Waals surface area contributed by atoms with E-state index < -0.39 is 9.84 Å². The number of likely N-dealkylation sites (N-methyl/N-ethyl adjacent to an activating group) is 1. The lowest BCUT2D eigenvalue weighted by molar-refractivity contribution is -0.139. The minimum atomic E-state index is -2.95. The predicted molar refractivity (Wildman–Crippen MR) is 65.5 cm³/mol. The summed E-state index contributed by atoms with van der Waals surface area (Å²) in [5.41, 5.74) is 0. The largest absolute Gasteiger partial charge is 0.369 e. The zero-order chi connectivity index (χ0) is 13.1. The monoisotopic (exact) mass is 263 g/mol. The Morgan fingerprint density at radius 2 is 2.12 bits per heavy atom. The van der Waals surface area contributed by atoms with Gasteiger partial charge in [0.1, 0.15) is 6.61 Å². The second-order valence-corrected chi connectivity index (χ2v) is 6.83. The number of hydrogen-bond acceptors (Lipinski definition) is 4. The zero-order valence-corrected chi connectivity index (χ0v) is 11.5. The summed E-state index contributed by atoms with van der Waals surface area (Å²) in [6.07, 6.45) is 0.550. The van der Waals surface area contributed by atoms with Crippen LogP contribution in [0.25, 0.3) is 0 Å². The fourth-order valence-corrected chi connectivity index (χ4v) is 3.71. The van der Waals surface area contributed by atoms with Crippen molar-refractivity contribution in [3.05, 3.63) is 0 Å². The Balaban J connectivity index is 2.56. The van der Waals surface area contributed by atoms with E-state index >= 15 is 0 Å². The minimum Gasteiger partial charge on any atom is -0.369 e. The molecule has 1 fully saturated rings. The SMILES string of the molecule is CCN(C(=O)COC(C)C)C1CCS(=O)(=O)C1. The van der Waals surface area contributed by atoms with Gasteiger partial charge in [0.05, 0.1) is 17.6 Å². The minimum absolute atomic E-state index is 0.00460. The molecule has 0 aromatic heterocycles. The molecule has 1 amide bonds. The van der Waals surface area contributed by atoms with Crippen LogP contribution in [-0.4, -0.2) is 56.0 Å². The molecule has 1 atom stereocenters. The first-order valence-corrected chi connectivity index (χ1v) is 7.79. The third-order valence-electron chi connectivity index (χ3n) is 2.85. The van der Waals surface area contributed by atoms with E-state index in [4.69, 9.17) is 4.74 Å². The molecule has 1 heterocycles. The molecule has 1 aliphatic heterocycles. The van der Waals surface area contributed by atoms with Gasteiger partial charge in [0.25, 0.3) is 0 Å². The van der Waals surface area contributed by atoms with Gasteiger partial charge in [-0.25, -0.2) is 8.42 Å². The Labute approximate surface area is 103 Å². The number of carbonyl (C=O) groups is 1. The normalized spacial score (nSPS) is 22.9. The smallest absolute Gasteiger partial charge is 0.248 e. The van der Waals surface area contributed by atoms with Crippen LogP contribution in [0.15, 0.2) is 0 Å². The van der Waals surface area contributed by atoms with Crippen molar-refractivity contribution in [1.29, 1.82) is 0 Å². The summed E-state index contributed by atoms with van der Waals surface area (Å²) in [5, 5.41) is 0. The van der Waals surface area contributed by atoms with E-state index in [0.717, 1.165) is 0 Å². The van der Waals surface area contributed by atoms with Crippen LogP contribution in [0.3, 0.4) is 0 Å². The van der Waals surface area contributed by atoms with Crippen LogP contribution in [0.1, 0.15) is 27.2 Å². The summed E-state index contributed by atoms with van der Waals surface area (Å²) in [6.45, 7) is 6.15. The van der Waals surface area contributed by atoms with E-state index in [-0.39, 0.29) is 36.2 Å².